The fraction of sp³-hybridized carbons (Fsp3) is 0.455. The average molecular weight is 303 g/mol. The highest BCUT2D eigenvalue weighted by atomic mass is 79.9. The van der Waals surface area contributed by atoms with Gasteiger partial charge in [0, 0.05) is 23.8 Å². The van der Waals surface area contributed by atoms with E-state index >= 15 is 0 Å². The Balaban J connectivity index is 2.61. The number of carbonyl (C=O) groups excluding carboxylic acids is 2. The number of aromatic nitrogens is 1. The van der Waals surface area contributed by atoms with Gasteiger partial charge in [0.15, 0.2) is 0 Å². The molecule has 0 aromatic carbocycles. The van der Waals surface area contributed by atoms with Crippen LogP contribution in [0.2, 0.25) is 0 Å². The lowest BCUT2D eigenvalue weighted by atomic mass is 10.3. The van der Waals surface area contributed by atoms with Crippen molar-refractivity contribution in [3.8, 4) is 0 Å². The molecule has 94 valence electrons. The fourth-order valence-corrected chi connectivity index (χ4v) is 1.74. The molecule has 1 amide bonds. The van der Waals surface area contributed by atoms with Gasteiger partial charge in [0.2, 0.25) is 0 Å². The van der Waals surface area contributed by atoms with E-state index < -0.39 is 0 Å². The van der Waals surface area contributed by atoms with Crippen LogP contribution < -0.4 is 0 Å². The Kier molecular flexibility index (Phi) is 5.21. The molecule has 0 radical (unpaired) electrons. The van der Waals surface area contributed by atoms with Gasteiger partial charge in [-0.1, -0.05) is 0 Å². The Morgan fingerprint density at radius 1 is 1.53 bits per heavy atom. The zero-order chi connectivity index (χ0) is 12.8. The average Bonchev–Trinajstić information content (AvgIpc) is 2.76. The summed E-state index contributed by atoms with van der Waals surface area (Å²) in [5.41, 5.74) is 0.503. The summed E-state index contributed by atoms with van der Waals surface area (Å²) in [6.07, 6.45) is 1.90. The van der Waals surface area contributed by atoms with Crippen LogP contribution in [-0.4, -0.2) is 42.0 Å². The molecule has 0 aliphatic carbocycles. The van der Waals surface area contributed by atoms with E-state index in [0.717, 1.165) is 4.47 Å². The first kappa shape index (κ1) is 13.8. The summed E-state index contributed by atoms with van der Waals surface area (Å²) in [6, 6.07) is 1.71. The van der Waals surface area contributed by atoms with Crippen LogP contribution in [-0.2, 0) is 9.53 Å². The van der Waals surface area contributed by atoms with Crippen molar-refractivity contribution in [2.24, 2.45) is 0 Å². The molecule has 1 aromatic rings. The van der Waals surface area contributed by atoms with Gasteiger partial charge in [0.1, 0.15) is 5.69 Å². The molecule has 0 aliphatic heterocycles. The number of amides is 1. The Bertz CT molecular complexity index is 403. The van der Waals surface area contributed by atoms with Gasteiger partial charge >= 0.3 is 5.97 Å². The van der Waals surface area contributed by atoms with Gasteiger partial charge in [0.25, 0.3) is 5.91 Å². The number of ether oxygens (including phenoxy) is 1. The van der Waals surface area contributed by atoms with Crippen molar-refractivity contribution >= 4 is 27.8 Å². The van der Waals surface area contributed by atoms with Crippen molar-refractivity contribution in [3.63, 3.8) is 0 Å². The van der Waals surface area contributed by atoms with E-state index in [1.165, 1.54) is 7.11 Å². The van der Waals surface area contributed by atoms with Crippen molar-refractivity contribution < 1.29 is 14.3 Å². The SMILES string of the molecule is CCN(CCC(=O)OC)C(=O)c1cc(Br)c[nH]1. The van der Waals surface area contributed by atoms with Crippen LogP contribution in [0.5, 0.6) is 0 Å². The number of methoxy groups -OCH3 is 1. The Morgan fingerprint density at radius 2 is 2.24 bits per heavy atom. The summed E-state index contributed by atoms with van der Waals surface area (Å²) >= 11 is 3.27. The second-order valence-corrected chi connectivity index (χ2v) is 4.36. The molecular weight excluding hydrogens is 288 g/mol. The lowest BCUT2D eigenvalue weighted by Gasteiger charge is -2.19. The van der Waals surface area contributed by atoms with E-state index in [0.29, 0.717) is 18.8 Å². The summed E-state index contributed by atoms with van der Waals surface area (Å²) in [6.45, 7) is 2.78. The largest absolute Gasteiger partial charge is 0.469 e. The summed E-state index contributed by atoms with van der Waals surface area (Å²) < 4.78 is 5.37. The predicted molar refractivity (Wildman–Crippen MR) is 66.7 cm³/mol. The van der Waals surface area contributed by atoms with Crippen LogP contribution in [0.3, 0.4) is 0 Å². The van der Waals surface area contributed by atoms with Crippen molar-refractivity contribution in [1.29, 1.82) is 0 Å². The van der Waals surface area contributed by atoms with Gasteiger partial charge in [-0.05, 0) is 28.9 Å². The molecule has 0 spiro atoms. The standard InChI is InChI=1S/C11H15BrN2O3/c1-3-14(5-4-10(15)17-2)11(16)9-6-8(12)7-13-9/h6-7,13H,3-5H2,1-2H3. The molecule has 0 saturated carbocycles. The maximum atomic E-state index is 12.0. The number of hydrogen-bond acceptors (Lipinski definition) is 3. The molecule has 1 rings (SSSR count). The lowest BCUT2D eigenvalue weighted by molar-refractivity contribution is -0.140. The first-order valence-corrected chi connectivity index (χ1v) is 6.07. The molecule has 0 atom stereocenters. The summed E-state index contributed by atoms with van der Waals surface area (Å²) in [7, 11) is 1.34. The zero-order valence-electron chi connectivity index (χ0n) is 9.83. The maximum Gasteiger partial charge on any atom is 0.307 e. The molecule has 1 N–H and O–H groups in total. The summed E-state index contributed by atoms with van der Waals surface area (Å²) in [5, 5.41) is 0. The van der Waals surface area contributed by atoms with Crippen LogP contribution in [0.4, 0.5) is 0 Å². The minimum absolute atomic E-state index is 0.123. The quantitative estimate of drug-likeness (QED) is 0.844. The van der Waals surface area contributed by atoms with E-state index in [-0.39, 0.29) is 18.3 Å². The number of nitrogens with one attached hydrogen (secondary N) is 1. The second-order valence-electron chi connectivity index (χ2n) is 3.44. The Labute approximate surface area is 108 Å². The maximum absolute atomic E-state index is 12.0. The second kappa shape index (κ2) is 6.44. The number of aromatic amines is 1. The van der Waals surface area contributed by atoms with Crippen LogP contribution in [0, 0.1) is 0 Å². The molecule has 5 nitrogen and oxygen atoms in total. The molecule has 17 heavy (non-hydrogen) atoms. The molecule has 1 aromatic heterocycles. The number of H-pyrrole nitrogens is 1. The molecule has 0 saturated heterocycles. The van der Waals surface area contributed by atoms with Crippen LogP contribution in [0.1, 0.15) is 23.8 Å². The van der Waals surface area contributed by atoms with E-state index in [9.17, 15) is 9.59 Å². The van der Waals surface area contributed by atoms with Crippen LogP contribution >= 0.6 is 15.9 Å². The first-order valence-electron chi connectivity index (χ1n) is 5.28. The fourth-order valence-electron chi connectivity index (χ4n) is 1.39. The number of nitrogens with zero attached hydrogens (tertiary/aromatic N) is 1. The van der Waals surface area contributed by atoms with Crippen molar-refractivity contribution in [3.05, 3.63) is 22.4 Å². The van der Waals surface area contributed by atoms with Gasteiger partial charge < -0.3 is 14.6 Å². The highest BCUT2D eigenvalue weighted by molar-refractivity contribution is 9.10. The van der Waals surface area contributed by atoms with E-state index in [2.05, 4.69) is 25.7 Å². The molecule has 6 heteroatoms. The molecule has 0 fully saturated rings. The third kappa shape index (κ3) is 3.89. The van der Waals surface area contributed by atoms with Crippen molar-refractivity contribution in [1.82, 2.24) is 9.88 Å². The summed E-state index contributed by atoms with van der Waals surface area (Å²) in [4.78, 5) is 27.5. The number of halogens is 1. The van der Waals surface area contributed by atoms with Gasteiger partial charge in [-0.15, -0.1) is 0 Å². The number of rotatable bonds is 5. The van der Waals surface area contributed by atoms with Gasteiger partial charge in [0.05, 0.1) is 13.5 Å². The molecule has 1 heterocycles. The zero-order valence-corrected chi connectivity index (χ0v) is 11.4. The summed E-state index contributed by atoms with van der Waals surface area (Å²) in [5.74, 6) is -0.439. The highest BCUT2D eigenvalue weighted by Gasteiger charge is 2.16. The minimum atomic E-state index is -0.316. The molecule has 0 aliphatic rings. The van der Waals surface area contributed by atoms with E-state index in [4.69, 9.17) is 0 Å². The third-order valence-electron chi connectivity index (χ3n) is 2.36. The normalized spacial score (nSPS) is 10.1. The van der Waals surface area contributed by atoms with Crippen LogP contribution in [0.15, 0.2) is 16.7 Å². The molecule has 0 unspecified atom stereocenters. The topological polar surface area (TPSA) is 62.4 Å². The van der Waals surface area contributed by atoms with Gasteiger partial charge in [-0.2, -0.15) is 0 Å². The van der Waals surface area contributed by atoms with Gasteiger partial charge in [-0.25, -0.2) is 0 Å². The number of carbonyl (C=O) groups is 2. The number of esters is 1. The van der Waals surface area contributed by atoms with Gasteiger partial charge in [-0.3, -0.25) is 9.59 Å². The van der Waals surface area contributed by atoms with Crippen molar-refractivity contribution in [2.45, 2.75) is 13.3 Å². The van der Waals surface area contributed by atoms with E-state index in [1.54, 1.807) is 17.2 Å². The predicted octanol–water partition coefficient (Wildman–Crippen LogP) is 1.80. The first-order chi connectivity index (χ1) is 8.08. The Morgan fingerprint density at radius 3 is 2.71 bits per heavy atom. The smallest absolute Gasteiger partial charge is 0.307 e. The number of hydrogen-bond donors (Lipinski definition) is 1. The monoisotopic (exact) mass is 302 g/mol. The third-order valence-corrected chi connectivity index (χ3v) is 2.82. The van der Waals surface area contributed by atoms with Crippen LogP contribution in [0.25, 0.3) is 0 Å². The lowest BCUT2D eigenvalue weighted by Crippen LogP contribution is -2.33. The minimum Gasteiger partial charge on any atom is -0.469 e. The molecule has 0 bridgehead atoms. The highest BCUT2D eigenvalue weighted by Crippen LogP contribution is 2.12. The van der Waals surface area contributed by atoms with E-state index in [1.807, 2.05) is 6.92 Å². The van der Waals surface area contributed by atoms with Crippen molar-refractivity contribution in [2.75, 3.05) is 20.2 Å². The Hall–Kier alpha value is -1.30. The molecular formula is C11H15BrN2O3.